The largest absolute Gasteiger partial charge is 0.475 e. The van der Waals surface area contributed by atoms with E-state index in [2.05, 4.69) is 52.5 Å². The molecular formula is C22H31IN4O2. The van der Waals surface area contributed by atoms with Crippen LogP contribution < -0.4 is 10.1 Å². The smallest absolute Gasteiger partial charge is 0.218 e. The maximum atomic E-state index is 5.73. The SMILES string of the molecule is CCNC(=NCc1cccnc1OCCOC)N1CCC(c2ccccc2)C1.I. The van der Waals surface area contributed by atoms with Crippen molar-refractivity contribution >= 4 is 29.9 Å². The standard InChI is InChI=1S/C22H30N4O2.HI/c1-3-23-22(26-13-11-20(17-26)18-8-5-4-6-9-18)25-16-19-10-7-12-24-21(19)28-15-14-27-2;/h4-10,12,20H,3,11,13-17H2,1-2H3,(H,23,25);1H. The molecule has 1 aromatic heterocycles. The van der Waals surface area contributed by atoms with Gasteiger partial charge in [-0.05, 0) is 25.0 Å². The zero-order valence-electron chi connectivity index (χ0n) is 17.2. The van der Waals surface area contributed by atoms with Crippen LogP contribution in [-0.4, -0.2) is 55.8 Å². The Labute approximate surface area is 190 Å². The molecule has 6 nitrogen and oxygen atoms in total. The normalized spacial score (nSPS) is 16.4. The third-order valence-electron chi connectivity index (χ3n) is 4.87. The van der Waals surface area contributed by atoms with Crippen molar-refractivity contribution in [2.24, 2.45) is 4.99 Å². The van der Waals surface area contributed by atoms with Gasteiger partial charge in [-0.2, -0.15) is 0 Å². The highest BCUT2D eigenvalue weighted by atomic mass is 127. The van der Waals surface area contributed by atoms with Gasteiger partial charge in [0.15, 0.2) is 5.96 Å². The van der Waals surface area contributed by atoms with Crippen LogP contribution in [0.4, 0.5) is 0 Å². The van der Waals surface area contributed by atoms with Crippen molar-refractivity contribution in [3.63, 3.8) is 0 Å². The molecule has 2 aromatic rings. The first-order chi connectivity index (χ1) is 13.8. The Kier molecular flexibility index (Phi) is 10.2. The Morgan fingerprint density at radius 3 is 2.79 bits per heavy atom. The highest BCUT2D eigenvalue weighted by Gasteiger charge is 2.25. The van der Waals surface area contributed by atoms with Gasteiger partial charge in [-0.3, -0.25) is 0 Å². The van der Waals surface area contributed by atoms with Crippen LogP contribution in [0.25, 0.3) is 0 Å². The second-order valence-corrected chi connectivity index (χ2v) is 6.82. The predicted molar refractivity (Wildman–Crippen MR) is 127 cm³/mol. The fraction of sp³-hybridized carbons (Fsp3) is 0.455. The Morgan fingerprint density at radius 1 is 1.21 bits per heavy atom. The number of aromatic nitrogens is 1. The molecule has 1 fully saturated rings. The molecule has 1 unspecified atom stereocenters. The van der Waals surface area contributed by atoms with Crippen molar-refractivity contribution < 1.29 is 9.47 Å². The predicted octanol–water partition coefficient (Wildman–Crippen LogP) is 3.68. The van der Waals surface area contributed by atoms with Crippen molar-refractivity contribution in [2.75, 3.05) is 40.0 Å². The van der Waals surface area contributed by atoms with E-state index in [4.69, 9.17) is 14.5 Å². The summed E-state index contributed by atoms with van der Waals surface area (Å²) >= 11 is 0. The number of ether oxygens (including phenoxy) is 2. The van der Waals surface area contributed by atoms with E-state index in [-0.39, 0.29) is 24.0 Å². The van der Waals surface area contributed by atoms with Crippen LogP contribution in [0.3, 0.4) is 0 Å². The Hall–Kier alpha value is -1.87. The molecule has 158 valence electrons. The molecule has 1 aliphatic heterocycles. The fourth-order valence-electron chi connectivity index (χ4n) is 3.43. The summed E-state index contributed by atoms with van der Waals surface area (Å²) in [5.41, 5.74) is 2.38. The minimum Gasteiger partial charge on any atom is -0.475 e. The van der Waals surface area contributed by atoms with Crippen LogP contribution in [0, 0.1) is 0 Å². The van der Waals surface area contributed by atoms with Gasteiger partial charge < -0.3 is 19.7 Å². The number of pyridine rings is 1. The molecule has 2 heterocycles. The molecule has 1 saturated heterocycles. The summed E-state index contributed by atoms with van der Waals surface area (Å²) in [6.07, 6.45) is 2.89. The zero-order chi connectivity index (χ0) is 19.6. The van der Waals surface area contributed by atoms with Crippen LogP contribution in [0.15, 0.2) is 53.7 Å². The van der Waals surface area contributed by atoms with Crippen molar-refractivity contribution in [1.82, 2.24) is 15.2 Å². The summed E-state index contributed by atoms with van der Waals surface area (Å²) in [5.74, 6) is 2.13. The van der Waals surface area contributed by atoms with Gasteiger partial charge in [-0.15, -0.1) is 24.0 Å². The number of guanidine groups is 1. The highest BCUT2D eigenvalue weighted by molar-refractivity contribution is 14.0. The molecule has 1 N–H and O–H groups in total. The summed E-state index contributed by atoms with van der Waals surface area (Å²) in [6, 6.07) is 14.7. The Balaban J connectivity index is 0.00000300. The molecular weight excluding hydrogens is 479 g/mol. The van der Waals surface area contributed by atoms with Crippen LogP contribution in [0.2, 0.25) is 0 Å². The van der Waals surface area contributed by atoms with E-state index >= 15 is 0 Å². The Morgan fingerprint density at radius 2 is 2.03 bits per heavy atom. The highest BCUT2D eigenvalue weighted by Crippen LogP contribution is 2.27. The molecule has 0 radical (unpaired) electrons. The maximum absolute atomic E-state index is 5.73. The minimum absolute atomic E-state index is 0. The lowest BCUT2D eigenvalue weighted by atomic mass is 9.99. The van der Waals surface area contributed by atoms with E-state index in [1.54, 1.807) is 13.3 Å². The van der Waals surface area contributed by atoms with Crippen LogP contribution in [0.5, 0.6) is 5.88 Å². The van der Waals surface area contributed by atoms with Crippen molar-refractivity contribution in [3.8, 4) is 5.88 Å². The van der Waals surface area contributed by atoms with E-state index in [0.717, 1.165) is 37.6 Å². The third kappa shape index (κ3) is 6.85. The van der Waals surface area contributed by atoms with Crippen LogP contribution in [-0.2, 0) is 11.3 Å². The van der Waals surface area contributed by atoms with Crippen molar-refractivity contribution in [1.29, 1.82) is 0 Å². The van der Waals surface area contributed by atoms with Gasteiger partial charge in [-0.25, -0.2) is 9.98 Å². The van der Waals surface area contributed by atoms with Gasteiger partial charge in [-0.1, -0.05) is 36.4 Å². The lowest BCUT2D eigenvalue weighted by Crippen LogP contribution is -2.40. The molecule has 1 aromatic carbocycles. The number of nitrogens with one attached hydrogen (secondary N) is 1. The molecule has 1 atom stereocenters. The number of likely N-dealkylation sites (tertiary alicyclic amines) is 1. The quantitative estimate of drug-likeness (QED) is 0.254. The molecule has 29 heavy (non-hydrogen) atoms. The number of rotatable bonds is 8. The number of hydrogen-bond acceptors (Lipinski definition) is 4. The number of aliphatic imine (C=N–C) groups is 1. The van der Waals surface area contributed by atoms with Gasteiger partial charge in [0.05, 0.1) is 13.2 Å². The van der Waals surface area contributed by atoms with Crippen LogP contribution >= 0.6 is 24.0 Å². The number of halogens is 1. The topological polar surface area (TPSA) is 59.0 Å². The van der Waals surface area contributed by atoms with E-state index in [1.165, 1.54) is 5.56 Å². The average Bonchev–Trinajstić information content (AvgIpc) is 3.23. The van der Waals surface area contributed by atoms with E-state index in [9.17, 15) is 0 Å². The molecule has 0 spiro atoms. The monoisotopic (exact) mass is 510 g/mol. The fourth-order valence-corrected chi connectivity index (χ4v) is 3.43. The molecule has 0 saturated carbocycles. The third-order valence-corrected chi connectivity index (χ3v) is 4.87. The number of hydrogen-bond donors (Lipinski definition) is 1. The minimum atomic E-state index is 0. The van der Waals surface area contributed by atoms with Gasteiger partial charge >= 0.3 is 0 Å². The van der Waals surface area contributed by atoms with E-state index in [0.29, 0.717) is 31.6 Å². The summed E-state index contributed by atoms with van der Waals surface area (Å²) < 4.78 is 10.8. The first-order valence-electron chi connectivity index (χ1n) is 9.95. The molecule has 0 aliphatic carbocycles. The lowest BCUT2D eigenvalue weighted by molar-refractivity contribution is 0.143. The van der Waals surface area contributed by atoms with Crippen molar-refractivity contribution in [2.45, 2.75) is 25.8 Å². The molecule has 7 heteroatoms. The molecule has 0 amide bonds. The summed E-state index contributed by atoms with van der Waals surface area (Å²) in [6.45, 7) is 6.49. The maximum Gasteiger partial charge on any atom is 0.218 e. The molecule has 1 aliphatic rings. The van der Waals surface area contributed by atoms with E-state index < -0.39 is 0 Å². The second kappa shape index (κ2) is 12.6. The summed E-state index contributed by atoms with van der Waals surface area (Å²) in [7, 11) is 1.66. The molecule has 3 rings (SSSR count). The number of methoxy groups -OCH3 is 1. The van der Waals surface area contributed by atoms with Crippen LogP contribution in [0.1, 0.15) is 30.4 Å². The number of nitrogens with zero attached hydrogens (tertiary/aromatic N) is 3. The van der Waals surface area contributed by atoms with Gasteiger partial charge in [0.25, 0.3) is 0 Å². The van der Waals surface area contributed by atoms with E-state index in [1.807, 2.05) is 12.1 Å². The number of benzene rings is 1. The Bertz CT molecular complexity index is 757. The van der Waals surface area contributed by atoms with Gasteiger partial charge in [0.2, 0.25) is 5.88 Å². The second-order valence-electron chi connectivity index (χ2n) is 6.82. The lowest BCUT2D eigenvalue weighted by Gasteiger charge is -2.22. The zero-order valence-corrected chi connectivity index (χ0v) is 19.5. The summed E-state index contributed by atoms with van der Waals surface area (Å²) in [4.78, 5) is 11.6. The van der Waals surface area contributed by atoms with Gasteiger partial charge in [0, 0.05) is 44.4 Å². The van der Waals surface area contributed by atoms with Crippen molar-refractivity contribution in [3.05, 3.63) is 59.8 Å². The van der Waals surface area contributed by atoms with Gasteiger partial charge in [0.1, 0.15) is 6.61 Å². The average molecular weight is 510 g/mol. The summed E-state index contributed by atoms with van der Waals surface area (Å²) in [5, 5.41) is 3.43. The molecule has 0 bridgehead atoms. The first-order valence-corrected chi connectivity index (χ1v) is 9.95. The first kappa shape index (κ1) is 23.4.